The molecule has 5 nitrogen and oxygen atoms in total. The Hall–Kier alpha value is -2.30. The van der Waals surface area contributed by atoms with Crippen LogP contribution in [0.15, 0.2) is 36.1 Å². The van der Waals surface area contributed by atoms with Gasteiger partial charge in [0, 0.05) is 11.6 Å². The number of hydrogen-bond donors (Lipinski definition) is 0. The second-order valence-electron chi connectivity index (χ2n) is 4.23. The lowest BCUT2D eigenvalue weighted by molar-refractivity contribution is -0.144. The topological polar surface area (TPSA) is 61.8 Å². The molecule has 1 aliphatic rings. The summed E-state index contributed by atoms with van der Waals surface area (Å²) in [6.45, 7) is 1.61. The number of methoxy groups -OCH3 is 2. The molecule has 1 aliphatic heterocycles. The van der Waals surface area contributed by atoms with E-state index < -0.39 is 11.6 Å². The molecular weight excluding hydrogens is 248 g/mol. The lowest BCUT2D eigenvalue weighted by Gasteiger charge is -2.24. The van der Waals surface area contributed by atoms with E-state index in [0.29, 0.717) is 11.3 Å². The van der Waals surface area contributed by atoms with Gasteiger partial charge in [-0.2, -0.15) is 0 Å². The Bertz CT molecular complexity index is 561. The van der Waals surface area contributed by atoms with Crippen molar-refractivity contribution >= 4 is 11.8 Å². The molecule has 2 rings (SSSR count). The first kappa shape index (κ1) is 13.1. The van der Waals surface area contributed by atoms with Crippen molar-refractivity contribution < 1.29 is 23.8 Å². The predicted molar refractivity (Wildman–Crippen MR) is 66.5 cm³/mol. The number of carbonyl (C=O) groups excluding carboxylic acids is 2. The third-order valence-electron chi connectivity index (χ3n) is 3.05. The Morgan fingerprint density at radius 3 is 2.68 bits per heavy atom. The van der Waals surface area contributed by atoms with Gasteiger partial charge in [0.25, 0.3) is 0 Å². The molecule has 0 aliphatic carbocycles. The van der Waals surface area contributed by atoms with Crippen molar-refractivity contribution in [1.82, 2.24) is 0 Å². The van der Waals surface area contributed by atoms with E-state index in [2.05, 4.69) is 4.74 Å². The van der Waals surface area contributed by atoms with Gasteiger partial charge in [-0.1, -0.05) is 12.1 Å². The van der Waals surface area contributed by atoms with Gasteiger partial charge in [-0.15, -0.1) is 0 Å². The number of ether oxygens (including phenoxy) is 3. The molecule has 1 aromatic carbocycles. The molecule has 1 atom stereocenters. The first-order chi connectivity index (χ1) is 9.01. The molecule has 5 heteroatoms. The lowest BCUT2D eigenvalue weighted by Crippen LogP contribution is -2.30. The summed E-state index contributed by atoms with van der Waals surface area (Å²) in [5.74, 6) is -0.444. The summed E-state index contributed by atoms with van der Waals surface area (Å²) in [5, 5.41) is 0. The minimum atomic E-state index is -1.22. The Balaban J connectivity index is 2.35. The Morgan fingerprint density at radius 2 is 2.05 bits per heavy atom. The average Bonchev–Trinajstić information content (AvgIpc) is 2.75. The van der Waals surface area contributed by atoms with Gasteiger partial charge >= 0.3 is 5.97 Å². The van der Waals surface area contributed by atoms with Crippen molar-refractivity contribution in [1.29, 1.82) is 0 Å². The van der Waals surface area contributed by atoms with Gasteiger partial charge in [-0.05, 0) is 19.1 Å². The zero-order valence-corrected chi connectivity index (χ0v) is 10.9. The fraction of sp³-hybridized carbons (Fsp3) is 0.286. The zero-order valence-electron chi connectivity index (χ0n) is 10.9. The minimum absolute atomic E-state index is 0.0854. The van der Waals surface area contributed by atoms with Gasteiger partial charge in [-0.25, -0.2) is 4.79 Å². The lowest BCUT2D eigenvalue weighted by atomic mass is 9.92. The van der Waals surface area contributed by atoms with Gasteiger partial charge in [0.05, 0.1) is 14.2 Å². The standard InChI is InChI=1S/C14H14O5/c1-14(9-5-4-6-10(7-9)17-2)12(15)8-11(19-14)13(16)18-3/h4-8H,1-3H3. The van der Waals surface area contributed by atoms with Crippen molar-refractivity contribution in [2.45, 2.75) is 12.5 Å². The molecule has 0 saturated carbocycles. The van der Waals surface area contributed by atoms with Crippen LogP contribution >= 0.6 is 0 Å². The first-order valence-corrected chi connectivity index (χ1v) is 5.69. The second kappa shape index (κ2) is 4.76. The molecule has 0 radical (unpaired) electrons. The molecular formula is C14H14O5. The third-order valence-corrected chi connectivity index (χ3v) is 3.05. The highest BCUT2D eigenvalue weighted by atomic mass is 16.6. The molecule has 0 fully saturated rings. The van der Waals surface area contributed by atoms with Crippen LogP contribution in [0.5, 0.6) is 5.75 Å². The van der Waals surface area contributed by atoms with Gasteiger partial charge < -0.3 is 14.2 Å². The van der Waals surface area contributed by atoms with Crippen molar-refractivity contribution in [2.24, 2.45) is 0 Å². The van der Waals surface area contributed by atoms with Crippen LogP contribution in [0.3, 0.4) is 0 Å². The van der Waals surface area contributed by atoms with E-state index in [1.54, 1.807) is 31.2 Å². The highest BCUT2D eigenvalue weighted by Gasteiger charge is 2.44. The molecule has 0 saturated heterocycles. The Kier molecular flexibility index (Phi) is 3.29. The maximum atomic E-state index is 12.1. The van der Waals surface area contributed by atoms with E-state index in [0.717, 1.165) is 6.08 Å². The van der Waals surface area contributed by atoms with E-state index >= 15 is 0 Å². The van der Waals surface area contributed by atoms with Gasteiger partial charge in [0.15, 0.2) is 5.60 Å². The van der Waals surface area contributed by atoms with Crippen LogP contribution in [0, 0.1) is 0 Å². The number of carbonyl (C=O) groups is 2. The summed E-state index contributed by atoms with van der Waals surface area (Å²) < 4.78 is 15.1. The molecule has 1 aromatic rings. The zero-order chi connectivity index (χ0) is 14.0. The maximum absolute atomic E-state index is 12.1. The fourth-order valence-electron chi connectivity index (χ4n) is 1.88. The highest BCUT2D eigenvalue weighted by molar-refractivity contribution is 6.06. The molecule has 100 valence electrons. The largest absolute Gasteiger partial charge is 0.497 e. The van der Waals surface area contributed by atoms with Crippen molar-refractivity contribution in [3.8, 4) is 5.75 Å². The number of benzene rings is 1. The van der Waals surface area contributed by atoms with Gasteiger partial charge in [0.1, 0.15) is 5.75 Å². The van der Waals surface area contributed by atoms with Crippen LogP contribution in [0.2, 0.25) is 0 Å². The number of rotatable bonds is 3. The van der Waals surface area contributed by atoms with Crippen LogP contribution in [0.25, 0.3) is 0 Å². The number of esters is 1. The monoisotopic (exact) mass is 262 g/mol. The summed E-state index contributed by atoms with van der Waals surface area (Å²) in [6.07, 6.45) is 1.16. The molecule has 1 heterocycles. The summed E-state index contributed by atoms with van der Waals surface area (Å²) >= 11 is 0. The SMILES string of the molecule is COC(=O)C1=CC(=O)C(C)(c2cccc(OC)c2)O1. The summed E-state index contributed by atoms with van der Waals surface area (Å²) in [5.41, 5.74) is -0.607. The van der Waals surface area contributed by atoms with E-state index in [1.807, 2.05) is 0 Å². The highest BCUT2D eigenvalue weighted by Crippen LogP contribution is 2.36. The molecule has 1 unspecified atom stereocenters. The van der Waals surface area contributed by atoms with Crippen LogP contribution in [0.4, 0.5) is 0 Å². The number of ketones is 1. The van der Waals surface area contributed by atoms with Crippen LogP contribution in [-0.4, -0.2) is 26.0 Å². The Labute approximate surface area is 110 Å². The first-order valence-electron chi connectivity index (χ1n) is 5.69. The molecule has 19 heavy (non-hydrogen) atoms. The average molecular weight is 262 g/mol. The smallest absolute Gasteiger partial charge is 0.373 e. The third kappa shape index (κ3) is 2.19. The molecule has 0 N–H and O–H groups in total. The number of hydrogen-bond acceptors (Lipinski definition) is 5. The summed E-state index contributed by atoms with van der Waals surface area (Å²) in [4.78, 5) is 23.5. The van der Waals surface area contributed by atoms with Crippen LogP contribution < -0.4 is 4.74 Å². The normalized spacial score (nSPS) is 21.6. The van der Waals surface area contributed by atoms with Crippen LogP contribution in [-0.2, 0) is 24.7 Å². The van der Waals surface area contributed by atoms with Crippen LogP contribution in [0.1, 0.15) is 12.5 Å². The molecule has 0 bridgehead atoms. The van der Waals surface area contributed by atoms with Crippen molar-refractivity contribution in [3.63, 3.8) is 0 Å². The maximum Gasteiger partial charge on any atom is 0.373 e. The van der Waals surface area contributed by atoms with Crippen molar-refractivity contribution in [2.75, 3.05) is 14.2 Å². The van der Waals surface area contributed by atoms with Gasteiger partial charge in [-0.3, -0.25) is 4.79 Å². The van der Waals surface area contributed by atoms with E-state index in [9.17, 15) is 9.59 Å². The minimum Gasteiger partial charge on any atom is -0.497 e. The summed E-state index contributed by atoms with van der Waals surface area (Å²) in [6, 6.07) is 6.97. The van der Waals surface area contributed by atoms with E-state index in [4.69, 9.17) is 9.47 Å². The molecule has 0 spiro atoms. The second-order valence-corrected chi connectivity index (χ2v) is 4.23. The van der Waals surface area contributed by atoms with E-state index in [1.165, 1.54) is 14.2 Å². The van der Waals surface area contributed by atoms with Gasteiger partial charge in [0.2, 0.25) is 11.5 Å². The molecule has 0 aromatic heterocycles. The quantitative estimate of drug-likeness (QED) is 0.774. The summed E-state index contributed by atoms with van der Waals surface area (Å²) in [7, 11) is 2.77. The van der Waals surface area contributed by atoms with E-state index in [-0.39, 0.29) is 11.5 Å². The van der Waals surface area contributed by atoms with Crippen molar-refractivity contribution in [3.05, 3.63) is 41.7 Å². The fourth-order valence-corrected chi connectivity index (χ4v) is 1.88. The Morgan fingerprint density at radius 1 is 1.32 bits per heavy atom. The molecule has 0 amide bonds. The predicted octanol–water partition coefficient (Wildman–Crippen LogP) is 1.57.